The molecular formula is C25H28ClN3O3S. The van der Waals surface area contributed by atoms with E-state index in [1.807, 2.05) is 36.2 Å². The van der Waals surface area contributed by atoms with Gasteiger partial charge in [-0.15, -0.1) is 11.3 Å². The van der Waals surface area contributed by atoms with Crippen molar-refractivity contribution in [3.8, 4) is 0 Å². The second-order valence-corrected chi connectivity index (χ2v) is 11.5. The van der Waals surface area contributed by atoms with Gasteiger partial charge in [0, 0.05) is 35.1 Å². The van der Waals surface area contributed by atoms with E-state index in [0.29, 0.717) is 38.9 Å². The fraction of sp³-hybridized carbons (Fsp3) is 0.480. The van der Waals surface area contributed by atoms with E-state index >= 15 is 0 Å². The molecule has 33 heavy (non-hydrogen) atoms. The van der Waals surface area contributed by atoms with Crippen LogP contribution in [0.15, 0.2) is 30.5 Å². The number of halogens is 1. The Kier molecular flexibility index (Phi) is 5.95. The number of carbonyl (C=O) groups excluding carboxylic acids is 1. The highest BCUT2D eigenvalue weighted by molar-refractivity contribution is 7.16. The van der Waals surface area contributed by atoms with Crippen molar-refractivity contribution in [1.29, 1.82) is 0 Å². The minimum Gasteiger partial charge on any atom is -0.481 e. The van der Waals surface area contributed by atoms with Gasteiger partial charge in [-0.1, -0.05) is 11.6 Å². The molecule has 1 saturated carbocycles. The first kappa shape index (κ1) is 22.4. The van der Waals surface area contributed by atoms with Crippen LogP contribution in [-0.2, 0) is 29.1 Å². The first-order chi connectivity index (χ1) is 15.8. The van der Waals surface area contributed by atoms with E-state index in [9.17, 15) is 14.7 Å². The highest BCUT2D eigenvalue weighted by atomic mass is 35.5. The quantitative estimate of drug-likeness (QED) is 0.528. The van der Waals surface area contributed by atoms with Gasteiger partial charge >= 0.3 is 5.97 Å². The summed E-state index contributed by atoms with van der Waals surface area (Å²) < 4.78 is 3.01. The lowest BCUT2D eigenvalue weighted by Crippen LogP contribution is -2.39. The average molecular weight is 486 g/mol. The number of thiophene rings is 1. The number of hydrogen-bond donors (Lipinski definition) is 1. The van der Waals surface area contributed by atoms with Crippen LogP contribution < -0.4 is 0 Å². The summed E-state index contributed by atoms with van der Waals surface area (Å²) in [5, 5.41) is 10.6. The molecule has 3 aromatic heterocycles. The maximum Gasteiger partial charge on any atom is 0.309 e. The minimum atomic E-state index is -0.718. The van der Waals surface area contributed by atoms with Gasteiger partial charge in [-0.2, -0.15) is 0 Å². The maximum absolute atomic E-state index is 13.2. The fourth-order valence-electron chi connectivity index (χ4n) is 5.34. The van der Waals surface area contributed by atoms with Crippen molar-refractivity contribution in [3.05, 3.63) is 50.9 Å². The van der Waals surface area contributed by atoms with E-state index in [-0.39, 0.29) is 11.8 Å². The number of hydrogen-bond acceptors (Lipinski definition) is 4. The molecule has 1 aliphatic heterocycles. The van der Waals surface area contributed by atoms with Gasteiger partial charge < -0.3 is 14.6 Å². The van der Waals surface area contributed by atoms with Gasteiger partial charge in [-0.25, -0.2) is 4.98 Å². The molecule has 0 saturated heterocycles. The molecule has 2 aliphatic rings. The zero-order chi connectivity index (χ0) is 23.2. The number of amides is 1. The van der Waals surface area contributed by atoms with Crippen LogP contribution in [0, 0.1) is 11.3 Å². The molecule has 1 aliphatic carbocycles. The number of carbonyl (C=O) groups is 2. The molecule has 4 heterocycles. The number of nitrogens with zero attached hydrogens (tertiary/aromatic N) is 3. The van der Waals surface area contributed by atoms with Crippen LogP contribution >= 0.6 is 22.9 Å². The Balaban J connectivity index is 1.34. The molecule has 3 aromatic rings. The van der Waals surface area contributed by atoms with Crippen LogP contribution in [-0.4, -0.2) is 38.0 Å². The van der Waals surface area contributed by atoms with E-state index in [0.717, 1.165) is 39.8 Å². The van der Waals surface area contributed by atoms with Gasteiger partial charge in [0.05, 0.1) is 22.8 Å². The van der Waals surface area contributed by atoms with Gasteiger partial charge in [0.25, 0.3) is 0 Å². The molecule has 5 rings (SSSR count). The smallest absolute Gasteiger partial charge is 0.309 e. The molecule has 0 bridgehead atoms. The summed E-state index contributed by atoms with van der Waals surface area (Å²) in [6.07, 6.45) is 6.05. The second kappa shape index (κ2) is 8.76. The molecule has 174 valence electrons. The Morgan fingerprint density at radius 3 is 2.76 bits per heavy atom. The first-order valence-corrected chi connectivity index (χ1v) is 12.7. The predicted octanol–water partition coefficient (Wildman–Crippen LogP) is 5.36. The summed E-state index contributed by atoms with van der Waals surface area (Å²) >= 11 is 7.73. The van der Waals surface area contributed by atoms with Crippen molar-refractivity contribution < 1.29 is 14.7 Å². The van der Waals surface area contributed by atoms with Crippen molar-refractivity contribution in [1.82, 2.24) is 14.5 Å². The van der Waals surface area contributed by atoms with E-state index in [2.05, 4.69) is 15.6 Å². The van der Waals surface area contributed by atoms with E-state index < -0.39 is 11.4 Å². The Morgan fingerprint density at radius 2 is 2.06 bits per heavy atom. The Labute approximate surface area is 202 Å². The Morgan fingerprint density at radius 1 is 1.27 bits per heavy atom. The van der Waals surface area contributed by atoms with Crippen LogP contribution in [0.2, 0.25) is 4.34 Å². The van der Waals surface area contributed by atoms with Crippen LogP contribution in [0.4, 0.5) is 0 Å². The molecule has 1 N–H and O–H groups in total. The van der Waals surface area contributed by atoms with Crippen molar-refractivity contribution >= 4 is 45.8 Å². The summed E-state index contributed by atoms with van der Waals surface area (Å²) in [5.74, 6) is -0.273. The minimum absolute atomic E-state index is 0.175. The normalized spacial score (nSPS) is 23.0. The summed E-state index contributed by atoms with van der Waals surface area (Å²) in [7, 11) is 0. The first-order valence-electron chi connectivity index (χ1n) is 11.5. The van der Waals surface area contributed by atoms with Crippen LogP contribution in [0.25, 0.3) is 11.0 Å². The number of carboxylic acid groups (broad SMARTS) is 1. The number of aromatic nitrogens is 2. The highest BCUT2D eigenvalue weighted by Crippen LogP contribution is 2.40. The maximum atomic E-state index is 13.2. The molecule has 0 spiro atoms. The van der Waals surface area contributed by atoms with Gasteiger partial charge in [-0.05, 0) is 74.8 Å². The molecule has 6 nitrogen and oxygen atoms in total. The number of aliphatic carboxylic acids is 1. The Hall–Kier alpha value is -2.38. The van der Waals surface area contributed by atoms with Crippen LogP contribution in [0.3, 0.4) is 0 Å². The van der Waals surface area contributed by atoms with E-state index in [1.54, 1.807) is 11.3 Å². The topological polar surface area (TPSA) is 75.4 Å². The van der Waals surface area contributed by atoms with Crippen molar-refractivity contribution in [2.45, 2.75) is 58.5 Å². The number of fused-ring (bicyclic) bond motifs is 3. The summed E-state index contributed by atoms with van der Waals surface area (Å²) in [4.78, 5) is 32.6. The standard InChI is InChI=1S/C25H28ClN3O3S/c1-25(24(31)32)9-6-16(7-10-25)13-22(30)28-12-8-18-19-3-2-11-27-23(19)29(20(18)15-28)14-17-4-5-21(26)33-17/h2-5,11,16H,6-10,12-15H2,1H3,(H,31,32)/t16-,25+. The fourth-order valence-corrected chi connectivity index (χ4v) is 6.42. The lowest BCUT2D eigenvalue weighted by Gasteiger charge is -2.35. The van der Waals surface area contributed by atoms with Crippen molar-refractivity contribution in [3.63, 3.8) is 0 Å². The molecule has 1 amide bonds. The summed E-state index contributed by atoms with van der Waals surface area (Å²) in [5.41, 5.74) is 2.77. The second-order valence-electron chi connectivity index (χ2n) is 9.67. The largest absolute Gasteiger partial charge is 0.481 e. The SMILES string of the molecule is C[C@]1(C(=O)O)CC[C@@H](CC(=O)N2CCc3c(n(Cc4ccc(Cl)s4)c4ncccc34)C2)CC1. The average Bonchev–Trinajstić information content (AvgIpc) is 3.36. The number of rotatable bonds is 5. The molecule has 1 fully saturated rings. The molecule has 8 heteroatoms. The van der Waals surface area contributed by atoms with Gasteiger partial charge in [-0.3, -0.25) is 9.59 Å². The van der Waals surface area contributed by atoms with Gasteiger partial charge in [0.1, 0.15) is 5.65 Å². The summed E-state index contributed by atoms with van der Waals surface area (Å²) in [6.45, 7) is 3.82. The van der Waals surface area contributed by atoms with Gasteiger partial charge in [0.15, 0.2) is 0 Å². The van der Waals surface area contributed by atoms with Crippen LogP contribution in [0.5, 0.6) is 0 Å². The van der Waals surface area contributed by atoms with E-state index in [1.165, 1.54) is 10.9 Å². The third kappa shape index (κ3) is 4.28. The predicted molar refractivity (Wildman–Crippen MR) is 130 cm³/mol. The molecule has 0 aromatic carbocycles. The van der Waals surface area contributed by atoms with E-state index in [4.69, 9.17) is 11.6 Å². The summed E-state index contributed by atoms with van der Waals surface area (Å²) in [6, 6.07) is 8.06. The third-order valence-corrected chi connectivity index (χ3v) is 8.71. The molecule has 0 atom stereocenters. The number of pyridine rings is 1. The van der Waals surface area contributed by atoms with Gasteiger partial charge in [0.2, 0.25) is 5.91 Å². The monoisotopic (exact) mass is 485 g/mol. The lowest BCUT2D eigenvalue weighted by molar-refractivity contribution is -0.150. The molecule has 0 unspecified atom stereocenters. The van der Waals surface area contributed by atoms with Crippen molar-refractivity contribution in [2.75, 3.05) is 6.54 Å². The van der Waals surface area contributed by atoms with Crippen molar-refractivity contribution in [2.24, 2.45) is 11.3 Å². The third-order valence-electron chi connectivity index (χ3n) is 7.50. The Bertz CT molecular complexity index is 1210. The lowest BCUT2D eigenvalue weighted by atomic mass is 9.71. The number of carboxylic acids is 1. The highest BCUT2D eigenvalue weighted by Gasteiger charge is 2.38. The zero-order valence-corrected chi connectivity index (χ0v) is 20.3. The van der Waals surface area contributed by atoms with Crippen LogP contribution in [0.1, 0.15) is 55.2 Å². The zero-order valence-electron chi connectivity index (χ0n) is 18.7. The molecular weight excluding hydrogens is 458 g/mol. The molecule has 0 radical (unpaired) electrons.